The van der Waals surface area contributed by atoms with Gasteiger partial charge in [0.25, 0.3) is 0 Å². The van der Waals surface area contributed by atoms with Crippen molar-refractivity contribution >= 4 is 28.7 Å². The van der Waals surface area contributed by atoms with E-state index in [0.717, 1.165) is 49.4 Å². The second-order valence-electron chi connectivity index (χ2n) is 7.88. The summed E-state index contributed by atoms with van der Waals surface area (Å²) in [6.45, 7) is 5.14. The lowest BCUT2D eigenvalue weighted by Gasteiger charge is -2.27. The van der Waals surface area contributed by atoms with Crippen LogP contribution in [0.25, 0.3) is 11.6 Å². The van der Waals surface area contributed by atoms with Crippen LogP contribution < -0.4 is 20.1 Å². The molecule has 1 aliphatic rings. The highest BCUT2D eigenvalue weighted by molar-refractivity contribution is 5.79. The molecule has 2 nitrogen and oxygen atoms in total. The van der Waals surface area contributed by atoms with E-state index >= 15 is 0 Å². The Balaban J connectivity index is 2.02. The Hall–Kier alpha value is -3.26. The Kier molecular flexibility index (Phi) is 6.89. The summed E-state index contributed by atoms with van der Waals surface area (Å²) in [4.78, 5) is 2.35. The lowest BCUT2D eigenvalue weighted by atomic mass is 10.0. The van der Waals surface area contributed by atoms with E-state index in [2.05, 4.69) is 110 Å². The van der Waals surface area contributed by atoms with Crippen LogP contribution in [0, 0.1) is 0 Å². The molecular formula is C29H31NO. The fraction of sp³-hybridized carbons (Fsp3) is 0.241. The van der Waals surface area contributed by atoms with Crippen molar-refractivity contribution in [2.24, 2.45) is 0 Å². The average molecular weight is 410 g/mol. The minimum absolute atomic E-state index is 0.736. The first-order chi connectivity index (χ1) is 15.3. The van der Waals surface area contributed by atoms with E-state index in [1.54, 1.807) is 0 Å². The molecule has 0 radical (unpaired) electrons. The molecule has 0 aliphatic heterocycles. The number of nitrogens with zero attached hydrogens (tertiary/aromatic N) is 1. The van der Waals surface area contributed by atoms with Gasteiger partial charge in [-0.2, -0.15) is 0 Å². The van der Waals surface area contributed by atoms with Crippen molar-refractivity contribution in [3.05, 3.63) is 95.4 Å². The predicted molar refractivity (Wildman–Crippen MR) is 133 cm³/mol. The van der Waals surface area contributed by atoms with Crippen LogP contribution in [0.15, 0.2) is 84.9 Å². The third kappa shape index (κ3) is 4.59. The van der Waals surface area contributed by atoms with Gasteiger partial charge >= 0.3 is 0 Å². The zero-order chi connectivity index (χ0) is 21.5. The quantitative estimate of drug-likeness (QED) is 0.414. The molecule has 0 saturated carbocycles. The molecule has 0 bridgehead atoms. The summed E-state index contributed by atoms with van der Waals surface area (Å²) >= 11 is 0. The monoisotopic (exact) mass is 409 g/mol. The van der Waals surface area contributed by atoms with Gasteiger partial charge in [-0.05, 0) is 55.7 Å². The third-order valence-electron chi connectivity index (χ3n) is 5.58. The summed E-state index contributed by atoms with van der Waals surface area (Å²) in [5.41, 5.74) is 4.93. The Labute approximate surface area is 185 Å². The van der Waals surface area contributed by atoms with Crippen LogP contribution in [0.1, 0.15) is 39.5 Å². The van der Waals surface area contributed by atoms with E-state index in [9.17, 15) is 0 Å². The maximum absolute atomic E-state index is 6.24. The Bertz CT molecular complexity index is 1110. The molecule has 0 saturated heterocycles. The van der Waals surface area contributed by atoms with Gasteiger partial charge in [-0.1, -0.05) is 80.5 Å². The molecule has 3 aromatic rings. The van der Waals surface area contributed by atoms with Crippen molar-refractivity contribution < 1.29 is 4.74 Å². The smallest absolute Gasteiger partial charge is 0.127 e. The molecular weight excluding hydrogens is 378 g/mol. The van der Waals surface area contributed by atoms with E-state index in [-0.39, 0.29) is 0 Å². The molecule has 0 amide bonds. The molecule has 0 spiro atoms. The summed E-state index contributed by atoms with van der Waals surface area (Å²) in [5.74, 6) is 1.00. The molecule has 0 unspecified atom stereocenters. The Morgan fingerprint density at radius 1 is 0.806 bits per heavy atom. The zero-order valence-electron chi connectivity index (χ0n) is 18.6. The van der Waals surface area contributed by atoms with E-state index in [4.69, 9.17) is 4.74 Å². The first kappa shape index (κ1) is 21.0. The van der Waals surface area contributed by atoms with Crippen LogP contribution in [-0.2, 0) is 0 Å². The van der Waals surface area contributed by atoms with Crippen LogP contribution in [0.4, 0.5) is 17.1 Å². The zero-order valence-corrected chi connectivity index (χ0v) is 18.6. The number of rotatable bonds is 8. The van der Waals surface area contributed by atoms with E-state index < -0.39 is 0 Å². The Morgan fingerprint density at radius 2 is 1.48 bits per heavy atom. The van der Waals surface area contributed by atoms with Crippen molar-refractivity contribution in [1.29, 1.82) is 0 Å². The van der Waals surface area contributed by atoms with E-state index in [1.807, 2.05) is 0 Å². The molecule has 0 N–H and O–H groups in total. The highest BCUT2D eigenvalue weighted by atomic mass is 16.5. The largest absolute Gasteiger partial charge is 0.493 e. The maximum Gasteiger partial charge on any atom is 0.127 e. The molecule has 0 heterocycles. The van der Waals surface area contributed by atoms with Crippen LogP contribution >= 0.6 is 0 Å². The van der Waals surface area contributed by atoms with Crippen molar-refractivity contribution in [3.63, 3.8) is 0 Å². The molecule has 2 heteroatoms. The SMILES string of the molecule is CCCOc1ccc(N(c2ccccc2)c2ccccc2)c2c1=C(CCC)CC=CC=2. The number of para-hydroxylation sites is 2. The fourth-order valence-corrected chi connectivity index (χ4v) is 4.24. The first-order valence-corrected chi connectivity index (χ1v) is 11.4. The average Bonchev–Trinajstić information content (AvgIpc) is 3.03. The van der Waals surface area contributed by atoms with Crippen molar-refractivity contribution in [1.82, 2.24) is 0 Å². The lowest BCUT2D eigenvalue weighted by Crippen LogP contribution is -2.33. The summed E-state index contributed by atoms with van der Waals surface area (Å²) in [5, 5.41) is 2.51. The minimum Gasteiger partial charge on any atom is -0.493 e. The standard InChI is InChI=1S/C29H31NO/c1-3-13-23-14-11-12-19-26-27(20-21-28(29(23)26)31-22-4-2)30(24-15-7-5-8-16-24)25-17-9-6-10-18-25/h5-12,15-21H,3-4,13-14,22H2,1-2H3. The van der Waals surface area contributed by atoms with Crippen LogP contribution in [0.5, 0.6) is 5.75 Å². The van der Waals surface area contributed by atoms with Gasteiger partial charge < -0.3 is 9.64 Å². The summed E-state index contributed by atoms with van der Waals surface area (Å²) in [6.07, 6.45) is 10.9. The van der Waals surface area contributed by atoms with Gasteiger partial charge in [0, 0.05) is 21.8 Å². The first-order valence-electron chi connectivity index (χ1n) is 11.4. The Morgan fingerprint density at radius 3 is 2.10 bits per heavy atom. The minimum atomic E-state index is 0.736. The number of ether oxygens (including phenoxy) is 1. The molecule has 158 valence electrons. The number of allylic oxidation sites excluding steroid dienone is 2. The summed E-state index contributed by atoms with van der Waals surface area (Å²) in [6, 6.07) is 25.6. The van der Waals surface area contributed by atoms with Gasteiger partial charge in [0.1, 0.15) is 5.75 Å². The molecule has 31 heavy (non-hydrogen) atoms. The van der Waals surface area contributed by atoms with Crippen molar-refractivity contribution in [2.45, 2.75) is 39.5 Å². The topological polar surface area (TPSA) is 12.5 Å². The van der Waals surface area contributed by atoms with Crippen LogP contribution in [-0.4, -0.2) is 6.61 Å². The number of fused-ring (bicyclic) bond motifs is 1. The van der Waals surface area contributed by atoms with Gasteiger partial charge in [0.05, 0.1) is 12.3 Å². The molecule has 3 aromatic carbocycles. The highest BCUT2D eigenvalue weighted by Crippen LogP contribution is 2.32. The lowest BCUT2D eigenvalue weighted by molar-refractivity contribution is 0.314. The number of hydrogen-bond donors (Lipinski definition) is 0. The molecule has 0 fully saturated rings. The second-order valence-corrected chi connectivity index (χ2v) is 7.88. The number of anilines is 3. The van der Waals surface area contributed by atoms with Gasteiger partial charge in [-0.25, -0.2) is 0 Å². The highest BCUT2D eigenvalue weighted by Gasteiger charge is 2.17. The predicted octanol–water partition coefficient (Wildman–Crippen LogP) is 6.64. The van der Waals surface area contributed by atoms with Gasteiger partial charge in [-0.3, -0.25) is 0 Å². The third-order valence-corrected chi connectivity index (χ3v) is 5.58. The molecule has 1 aliphatic carbocycles. The normalized spacial score (nSPS) is 12.6. The van der Waals surface area contributed by atoms with Crippen LogP contribution in [0.2, 0.25) is 0 Å². The molecule has 0 aromatic heterocycles. The van der Waals surface area contributed by atoms with Crippen molar-refractivity contribution in [2.75, 3.05) is 11.5 Å². The van der Waals surface area contributed by atoms with Gasteiger partial charge in [0.2, 0.25) is 0 Å². The van der Waals surface area contributed by atoms with E-state index in [1.165, 1.54) is 21.7 Å². The molecule has 4 rings (SSSR count). The number of hydrogen-bond acceptors (Lipinski definition) is 2. The summed E-state index contributed by atoms with van der Waals surface area (Å²) in [7, 11) is 0. The maximum atomic E-state index is 6.24. The van der Waals surface area contributed by atoms with Crippen molar-refractivity contribution in [3.8, 4) is 5.75 Å². The molecule has 0 atom stereocenters. The van der Waals surface area contributed by atoms with Gasteiger partial charge in [-0.15, -0.1) is 0 Å². The second kappa shape index (κ2) is 10.2. The van der Waals surface area contributed by atoms with Gasteiger partial charge in [0.15, 0.2) is 0 Å². The fourth-order valence-electron chi connectivity index (χ4n) is 4.24. The summed E-state index contributed by atoms with van der Waals surface area (Å²) < 4.78 is 6.24. The van der Waals surface area contributed by atoms with E-state index in [0.29, 0.717) is 0 Å². The van der Waals surface area contributed by atoms with Crippen LogP contribution in [0.3, 0.4) is 0 Å². The number of benzene rings is 3.